The van der Waals surface area contributed by atoms with Crippen LogP contribution in [0.3, 0.4) is 0 Å². The molecule has 0 atom stereocenters. The van der Waals surface area contributed by atoms with Gasteiger partial charge in [0.25, 0.3) is 0 Å². The van der Waals surface area contributed by atoms with Crippen LogP contribution < -0.4 is 9.47 Å². The predicted octanol–water partition coefficient (Wildman–Crippen LogP) is 2.20. The summed E-state index contributed by atoms with van der Waals surface area (Å²) in [5.74, 6) is -0.119. The Labute approximate surface area is 159 Å². The molecule has 0 saturated carbocycles. The molecular formula is C20H29NO6. The molecular weight excluding hydrogens is 350 g/mol. The standard InChI is InChI=1S/C20H29NO6/c1-5-19(6-2,14-7-8-15(26-3)16(13-14)27-4)17(22)21-11-9-20(25,10-12-21)18(23)24/h7-8,13,25H,5-6,9-12H2,1-4H3,(H,23,24). The first-order chi connectivity index (χ1) is 12.8. The van der Waals surface area contributed by atoms with E-state index in [0.29, 0.717) is 24.3 Å². The van der Waals surface area contributed by atoms with Crippen LogP contribution in [0.15, 0.2) is 18.2 Å². The highest BCUT2D eigenvalue weighted by Gasteiger charge is 2.45. The maximum absolute atomic E-state index is 13.4. The number of carboxylic acid groups (broad SMARTS) is 1. The van der Waals surface area contributed by atoms with E-state index in [1.807, 2.05) is 26.0 Å². The van der Waals surface area contributed by atoms with Gasteiger partial charge in [0.15, 0.2) is 17.1 Å². The van der Waals surface area contributed by atoms with Gasteiger partial charge in [-0.1, -0.05) is 19.9 Å². The lowest BCUT2D eigenvalue weighted by Gasteiger charge is -2.41. The lowest BCUT2D eigenvalue weighted by molar-refractivity contribution is -0.166. The number of aliphatic carboxylic acids is 1. The van der Waals surface area contributed by atoms with Crippen molar-refractivity contribution in [1.82, 2.24) is 4.90 Å². The van der Waals surface area contributed by atoms with E-state index in [1.54, 1.807) is 25.2 Å². The smallest absolute Gasteiger partial charge is 0.335 e. The summed E-state index contributed by atoms with van der Waals surface area (Å²) in [5.41, 5.74) is -1.64. The van der Waals surface area contributed by atoms with E-state index < -0.39 is 17.0 Å². The molecule has 150 valence electrons. The third-order valence-corrected chi connectivity index (χ3v) is 5.83. The highest BCUT2D eigenvalue weighted by molar-refractivity contribution is 5.89. The summed E-state index contributed by atoms with van der Waals surface area (Å²) in [7, 11) is 3.12. The Morgan fingerprint density at radius 2 is 1.67 bits per heavy atom. The van der Waals surface area contributed by atoms with E-state index in [0.717, 1.165) is 5.56 Å². The van der Waals surface area contributed by atoms with Crippen molar-refractivity contribution >= 4 is 11.9 Å². The topological polar surface area (TPSA) is 96.3 Å². The molecule has 0 aromatic heterocycles. The number of likely N-dealkylation sites (tertiary alicyclic amines) is 1. The molecule has 2 rings (SSSR count). The molecule has 2 N–H and O–H groups in total. The molecule has 7 nitrogen and oxygen atoms in total. The molecule has 1 amide bonds. The monoisotopic (exact) mass is 379 g/mol. The van der Waals surface area contributed by atoms with E-state index >= 15 is 0 Å². The quantitative estimate of drug-likeness (QED) is 0.754. The summed E-state index contributed by atoms with van der Waals surface area (Å²) >= 11 is 0. The zero-order valence-electron chi connectivity index (χ0n) is 16.4. The molecule has 1 fully saturated rings. The summed E-state index contributed by atoms with van der Waals surface area (Å²) in [5, 5.41) is 19.3. The largest absolute Gasteiger partial charge is 0.493 e. The second-order valence-electron chi connectivity index (χ2n) is 6.99. The molecule has 0 spiro atoms. The fraction of sp³-hybridized carbons (Fsp3) is 0.600. The first-order valence-corrected chi connectivity index (χ1v) is 9.25. The average molecular weight is 379 g/mol. The predicted molar refractivity (Wildman–Crippen MR) is 100 cm³/mol. The van der Waals surface area contributed by atoms with E-state index in [4.69, 9.17) is 9.47 Å². The van der Waals surface area contributed by atoms with E-state index in [2.05, 4.69) is 0 Å². The van der Waals surface area contributed by atoms with Gasteiger partial charge in [0.2, 0.25) is 5.91 Å². The Bertz CT molecular complexity index is 690. The van der Waals surface area contributed by atoms with Crippen LogP contribution in [-0.2, 0) is 15.0 Å². The lowest BCUT2D eigenvalue weighted by atomic mass is 9.74. The van der Waals surface area contributed by atoms with Gasteiger partial charge >= 0.3 is 5.97 Å². The van der Waals surface area contributed by atoms with E-state index in [9.17, 15) is 19.8 Å². The molecule has 0 unspecified atom stereocenters. The van der Waals surface area contributed by atoms with Crippen molar-refractivity contribution in [1.29, 1.82) is 0 Å². The highest BCUT2D eigenvalue weighted by Crippen LogP contribution is 2.39. The number of rotatable bonds is 7. The molecule has 1 heterocycles. The van der Waals surface area contributed by atoms with Crippen LogP contribution in [0.4, 0.5) is 0 Å². The van der Waals surface area contributed by atoms with Crippen LogP contribution in [0.25, 0.3) is 0 Å². The maximum Gasteiger partial charge on any atom is 0.335 e. The number of carbonyl (C=O) groups excluding carboxylic acids is 1. The number of carboxylic acids is 1. The number of benzene rings is 1. The second kappa shape index (κ2) is 8.17. The molecule has 1 aliphatic heterocycles. The molecule has 0 aliphatic carbocycles. The fourth-order valence-corrected chi connectivity index (χ4v) is 3.81. The highest BCUT2D eigenvalue weighted by atomic mass is 16.5. The zero-order chi connectivity index (χ0) is 20.2. The molecule has 1 aromatic carbocycles. The fourth-order valence-electron chi connectivity index (χ4n) is 3.81. The molecule has 27 heavy (non-hydrogen) atoms. The van der Waals surface area contributed by atoms with Crippen molar-refractivity contribution in [3.63, 3.8) is 0 Å². The third-order valence-electron chi connectivity index (χ3n) is 5.83. The van der Waals surface area contributed by atoms with E-state index in [-0.39, 0.29) is 31.8 Å². The van der Waals surface area contributed by atoms with Crippen LogP contribution in [0, 0.1) is 0 Å². The van der Waals surface area contributed by atoms with Crippen molar-refractivity contribution < 1.29 is 29.3 Å². The van der Waals surface area contributed by atoms with Gasteiger partial charge in [0.05, 0.1) is 19.6 Å². The van der Waals surface area contributed by atoms with Gasteiger partial charge in [0.1, 0.15) is 0 Å². The maximum atomic E-state index is 13.4. The Morgan fingerprint density at radius 1 is 1.11 bits per heavy atom. The van der Waals surface area contributed by atoms with Crippen molar-refractivity contribution in [2.45, 2.75) is 50.5 Å². The number of methoxy groups -OCH3 is 2. The van der Waals surface area contributed by atoms with Gasteiger partial charge in [-0.3, -0.25) is 4.79 Å². The van der Waals surface area contributed by atoms with Crippen molar-refractivity contribution in [3.05, 3.63) is 23.8 Å². The summed E-state index contributed by atoms with van der Waals surface area (Å²) in [6.07, 6.45) is 1.25. The molecule has 7 heteroatoms. The number of hydrogen-bond acceptors (Lipinski definition) is 5. The molecule has 0 radical (unpaired) electrons. The Morgan fingerprint density at radius 3 is 2.11 bits per heavy atom. The number of aliphatic hydroxyl groups is 1. The van der Waals surface area contributed by atoms with Crippen LogP contribution in [-0.4, -0.2) is 59.9 Å². The molecule has 1 saturated heterocycles. The first kappa shape index (κ1) is 21.0. The average Bonchev–Trinajstić information content (AvgIpc) is 2.69. The van der Waals surface area contributed by atoms with Crippen LogP contribution in [0.5, 0.6) is 11.5 Å². The second-order valence-corrected chi connectivity index (χ2v) is 6.99. The number of hydrogen-bond donors (Lipinski definition) is 2. The molecule has 0 bridgehead atoms. The number of amides is 1. The van der Waals surface area contributed by atoms with Gasteiger partial charge in [0, 0.05) is 25.9 Å². The minimum Gasteiger partial charge on any atom is -0.493 e. The lowest BCUT2D eigenvalue weighted by Crippen LogP contribution is -2.55. The minimum atomic E-state index is -1.75. The summed E-state index contributed by atoms with van der Waals surface area (Å²) in [4.78, 5) is 26.3. The third kappa shape index (κ3) is 3.74. The summed E-state index contributed by atoms with van der Waals surface area (Å²) < 4.78 is 10.7. The zero-order valence-corrected chi connectivity index (χ0v) is 16.4. The SMILES string of the molecule is CCC(CC)(C(=O)N1CCC(O)(C(=O)O)CC1)c1ccc(OC)c(OC)c1. The van der Waals surface area contributed by atoms with Gasteiger partial charge in [-0.2, -0.15) is 0 Å². The van der Waals surface area contributed by atoms with Crippen molar-refractivity contribution in [2.24, 2.45) is 0 Å². The number of carbonyl (C=O) groups is 2. The van der Waals surface area contributed by atoms with Crippen molar-refractivity contribution in [3.8, 4) is 11.5 Å². The van der Waals surface area contributed by atoms with Gasteiger partial charge in [-0.25, -0.2) is 4.79 Å². The van der Waals surface area contributed by atoms with Crippen LogP contribution in [0.2, 0.25) is 0 Å². The van der Waals surface area contributed by atoms with Crippen molar-refractivity contribution in [2.75, 3.05) is 27.3 Å². The molecule has 1 aliphatic rings. The van der Waals surface area contributed by atoms with Gasteiger partial charge in [-0.05, 0) is 30.5 Å². The summed E-state index contributed by atoms with van der Waals surface area (Å²) in [6, 6.07) is 5.51. The molecule has 1 aromatic rings. The van der Waals surface area contributed by atoms with Crippen LogP contribution in [0.1, 0.15) is 45.1 Å². The number of ether oxygens (including phenoxy) is 2. The van der Waals surface area contributed by atoms with E-state index in [1.165, 1.54) is 0 Å². The summed E-state index contributed by atoms with van der Waals surface area (Å²) in [6.45, 7) is 4.37. The number of nitrogens with zero attached hydrogens (tertiary/aromatic N) is 1. The number of piperidine rings is 1. The van der Waals surface area contributed by atoms with Gasteiger partial charge < -0.3 is 24.6 Å². The Balaban J connectivity index is 2.33. The van der Waals surface area contributed by atoms with Gasteiger partial charge in [-0.15, -0.1) is 0 Å². The first-order valence-electron chi connectivity index (χ1n) is 9.25. The Kier molecular flexibility index (Phi) is 6.36. The Hall–Kier alpha value is -2.28. The normalized spacial score (nSPS) is 16.7. The minimum absolute atomic E-state index is 0.0313. The van der Waals surface area contributed by atoms with Crippen LogP contribution >= 0.6 is 0 Å².